The third-order valence-corrected chi connectivity index (χ3v) is 6.25. The minimum Gasteiger partial charge on any atom is -0.327 e. The maximum Gasteiger partial charge on any atom is 0.111 e. The molecule has 0 radical (unpaired) electrons. The second kappa shape index (κ2) is 6.83. The molecule has 0 unspecified atom stereocenters. The van der Waals surface area contributed by atoms with Crippen LogP contribution in [0.1, 0.15) is 37.1 Å². The van der Waals surface area contributed by atoms with Gasteiger partial charge in [-0.1, -0.05) is 31.0 Å². The van der Waals surface area contributed by atoms with E-state index in [1.165, 1.54) is 37.0 Å². The monoisotopic (exact) mass is 356 g/mol. The highest BCUT2D eigenvalue weighted by Gasteiger charge is 2.25. The first-order valence-corrected chi connectivity index (χ1v) is 10.1. The Labute approximate surface area is 160 Å². The van der Waals surface area contributed by atoms with E-state index in [9.17, 15) is 0 Å². The molecule has 4 heteroatoms. The van der Waals surface area contributed by atoms with Crippen molar-refractivity contribution >= 4 is 11.0 Å². The van der Waals surface area contributed by atoms with Crippen LogP contribution in [0.25, 0.3) is 22.2 Å². The number of rotatable bonds is 2. The summed E-state index contributed by atoms with van der Waals surface area (Å²) in [6, 6.07) is 17.3. The molecule has 0 atom stereocenters. The van der Waals surface area contributed by atoms with Crippen LogP contribution in [0.15, 0.2) is 42.5 Å². The lowest BCUT2D eigenvalue weighted by Gasteiger charge is -2.26. The van der Waals surface area contributed by atoms with Crippen LogP contribution in [0, 0.1) is 11.3 Å². The second-order valence-corrected chi connectivity index (χ2v) is 7.80. The Morgan fingerprint density at radius 3 is 2.48 bits per heavy atom. The third-order valence-electron chi connectivity index (χ3n) is 6.25. The van der Waals surface area contributed by atoms with Gasteiger partial charge < -0.3 is 4.57 Å². The minimum absolute atomic E-state index is 0.695. The first kappa shape index (κ1) is 16.5. The summed E-state index contributed by atoms with van der Waals surface area (Å²) in [7, 11) is 0. The van der Waals surface area contributed by atoms with Crippen molar-refractivity contribution in [1.82, 2.24) is 14.5 Å². The minimum atomic E-state index is 0.695. The Morgan fingerprint density at radius 2 is 1.70 bits per heavy atom. The van der Waals surface area contributed by atoms with Gasteiger partial charge in [0.25, 0.3) is 0 Å². The predicted octanol–water partition coefficient (Wildman–Crippen LogP) is 4.38. The summed E-state index contributed by atoms with van der Waals surface area (Å²) in [5, 5.41) is 8.98. The third kappa shape index (κ3) is 3.02. The summed E-state index contributed by atoms with van der Waals surface area (Å²) in [4.78, 5) is 7.67. The van der Waals surface area contributed by atoms with Crippen LogP contribution in [0.3, 0.4) is 0 Å². The summed E-state index contributed by atoms with van der Waals surface area (Å²) >= 11 is 0. The van der Waals surface area contributed by atoms with E-state index >= 15 is 0 Å². The lowest BCUT2D eigenvalue weighted by Crippen LogP contribution is -2.35. The van der Waals surface area contributed by atoms with E-state index < -0.39 is 0 Å². The summed E-state index contributed by atoms with van der Waals surface area (Å²) in [5.41, 5.74) is 5.32. The molecule has 3 aromatic rings. The van der Waals surface area contributed by atoms with Gasteiger partial charge in [0.15, 0.2) is 0 Å². The average molecular weight is 356 g/mol. The molecule has 1 aliphatic heterocycles. The zero-order chi connectivity index (χ0) is 18.2. The van der Waals surface area contributed by atoms with E-state index in [-0.39, 0.29) is 0 Å². The molecular weight excluding hydrogens is 332 g/mol. The highest BCUT2D eigenvalue weighted by molar-refractivity contribution is 5.82. The van der Waals surface area contributed by atoms with Crippen molar-refractivity contribution in [1.29, 1.82) is 5.26 Å². The summed E-state index contributed by atoms with van der Waals surface area (Å²) in [5.74, 6) is 1.22. The van der Waals surface area contributed by atoms with Crippen LogP contribution in [-0.2, 0) is 13.0 Å². The van der Waals surface area contributed by atoms with Crippen LogP contribution in [0.2, 0.25) is 0 Å². The maximum atomic E-state index is 8.98. The van der Waals surface area contributed by atoms with Gasteiger partial charge in [-0.15, -0.1) is 0 Å². The van der Waals surface area contributed by atoms with E-state index in [2.05, 4.69) is 33.7 Å². The van der Waals surface area contributed by atoms with Crippen molar-refractivity contribution in [2.45, 2.75) is 44.7 Å². The number of fused-ring (bicyclic) bond motifs is 3. The van der Waals surface area contributed by atoms with E-state index in [1.807, 2.05) is 24.3 Å². The lowest BCUT2D eigenvalue weighted by molar-refractivity contribution is 0.203. The first-order valence-electron chi connectivity index (χ1n) is 10.1. The number of benzene rings is 2. The molecule has 0 amide bonds. The fourth-order valence-electron chi connectivity index (χ4n) is 4.76. The van der Waals surface area contributed by atoms with Crippen LogP contribution in [-0.4, -0.2) is 33.6 Å². The van der Waals surface area contributed by atoms with Gasteiger partial charge in [0, 0.05) is 32.1 Å². The lowest BCUT2D eigenvalue weighted by atomic mass is 10.0. The quantitative estimate of drug-likeness (QED) is 0.685. The number of hydrogen-bond acceptors (Lipinski definition) is 3. The van der Waals surface area contributed by atoms with Gasteiger partial charge in [-0.25, -0.2) is 4.98 Å². The van der Waals surface area contributed by atoms with Crippen molar-refractivity contribution in [2.75, 3.05) is 13.1 Å². The molecule has 1 aliphatic carbocycles. The molecule has 1 aromatic heterocycles. The zero-order valence-electron chi connectivity index (χ0n) is 15.6. The van der Waals surface area contributed by atoms with Gasteiger partial charge in [0.05, 0.1) is 22.7 Å². The standard InChI is InChI=1S/C23H24N4/c24-16-17-5-7-18(8-6-17)19-9-10-22-21(15-19)25-23-11-12-26(13-14-27(22)23)20-3-1-2-4-20/h5-10,15,20H,1-4,11-14H2. The Bertz CT molecular complexity index is 1000. The van der Waals surface area contributed by atoms with Crippen LogP contribution < -0.4 is 0 Å². The van der Waals surface area contributed by atoms with Crippen molar-refractivity contribution in [3.8, 4) is 17.2 Å². The Balaban J connectivity index is 1.43. The maximum absolute atomic E-state index is 8.98. The summed E-state index contributed by atoms with van der Waals surface area (Å²) in [6.45, 7) is 3.31. The molecule has 1 saturated carbocycles. The molecular formula is C23H24N4. The van der Waals surface area contributed by atoms with E-state index in [0.29, 0.717) is 5.56 Å². The molecule has 2 heterocycles. The van der Waals surface area contributed by atoms with E-state index in [0.717, 1.165) is 48.7 Å². The van der Waals surface area contributed by atoms with E-state index in [4.69, 9.17) is 10.2 Å². The van der Waals surface area contributed by atoms with Gasteiger partial charge >= 0.3 is 0 Å². The molecule has 0 spiro atoms. The molecule has 1 fully saturated rings. The largest absolute Gasteiger partial charge is 0.327 e. The fourth-order valence-corrected chi connectivity index (χ4v) is 4.76. The molecule has 0 bridgehead atoms. The van der Waals surface area contributed by atoms with Gasteiger partial charge in [-0.3, -0.25) is 4.90 Å². The topological polar surface area (TPSA) is 44.9 Å². The van der Waals surface area contributed by atoms with Gasteiger partial charge in [-0.05, 0) is 48.2 Å². The predicted molar refractivity (Wildman–Crippen MR) is 107 cm³/mol. The molecule has 136 valence electrons. The molecule has 2 aromatic carbocycles. The van der Waals surface area contributed by atoms with Crippen molar-refractivity contribution < 1.29 is 0 Å². The van der Waals surface area contributed by atoms with Crippen molar-refractivity contribution in [2.24, 2.45) is 0 Å². The van der Waals surface area contributed by atoms with Crippen molar-refractivity contribution in [3.63, 3.8) is 0 Å². The number of nitrogens with zero attached hydrogens (tertiary/aromatic N) is 4. The number of nitriles is 1. The van der Waals surface area contributed by atoms with Gasteiger partial charge in [-0.2, -0.15) is 5.26 Å². The van der Waals surface area contributed by atoms with Gasteiger partial charge in [0.1, 0.15) is 5.82 Å². The van der Waals surface area contributed by atoms with Crippen LogP contribution >= 0.6 is 0 Å². The molecule has 4 nitrogen and oxygen atoms in total. The second-order valence-electron chi connectivity index (χ2n) is 7.80. The molecule has 2 aliphatic rings. The Hall–Kier alpha value is -2.64. The van der Waals surface area contributed by atoms with Crippen molar-refractivity contribution in [3.05, 3.63) is 53.9 Å². The van der Waals surface area contributed by atoms with Crippen LogP contribution in [0.4, 0.5) is 0 Å². The number of imidazole rings is 1. The molecule has 27 heavy (non-hydrogen) atoms. The van der Waals surface area contributed by atoms with Crippen LogP contribution in [0.5, 0.6) is 0 Å². The smallest absolute Gasteiger partial charge is 0.111 e. The highest BCUT2D eigenvalue weighted by Crippen LogP contribution is 2.28. The van der Waals surface area contributed by atoms with E-state index in [1.54, 1.807) is 0 Å². The summed E-state index contributed by atoms with van der Waals surface area (Å²) in [6.07, 6.45) is 6.57. The first-order chi connectivity index (χ1) is 13.3. The highest BCUT2D eigenvalue weighted by atomic mass is 15.2. The normalized spacial score (nSPS) is 18.3. The number of aromatic nitrogens is 2. The van der Waals surface area contributed by atoms with Gasteiger partial charge in [0.2, 0.25) is 0 Å². The number of hydrogen-bond donors (Lipinski definition) is 0. The molecule has 0 N–H and O–H groups in total. The Kier molecular flexibility index (Phi) is 4.18. The molecule has 5 rings (SSSR count). The zero-order valence-corrected chi connectivity index (χ0v) is 15.6. The molecule has 0 saturated heterocycles. The Morgan fingerprint density at radius 1 is 0.926 bits per heavy atom. The summed E-state index contributed by atoms with van der Waals surface area (Å²) < 4.78 is 2.42. The fraction of sp³-hybridized carbons (Fsp3) is 0.391. The SMILES string of the molecule is N#Cc1ccc(-c2ccc3c(c2)nc2n3CCN(C3CCCC3)CC2)cc1. The average Bonchev–Trinajstić information content (AvgIpc) is 3.31.